The van der Waals surface area contributed by atoms with E-state index in [9.17, 15) is 4.79 Å². The molecule has 1 N–H and O–H groups in total. The Morgan fingerprint density at radius 1 is 1.35 bits per heavy atom. The van der Waals surface area contributed by atoms with Gasteiger partial charge in [-0.3, -0.25) is 4.79 Å². The first kappa shape index (κ1) is 13.8. The molecule has 0 aromatic heterocycles. The number of hydrogen-bond donors (Lipinski definition) is 1. The highest BCUT2D eigenvalue weighted by Gasteiger charge is 2.01. The lowest BCUT2D eigenvalue weighted by Crippen LogP contribution is -2.25. The maximum atomic E-state index is 11.3. The van der Waals surface area contributed by atoms with Gasteiger partial charge in [0.05, 0.1) is 13.0 Å². The number of rotatable bonds is 7. The van der Waals surface area contributed by atoms with Crippen LogP contribution in [0, 0.1) is 0 Å². The summed E-state index contributed by atoms with van der Waals surface area (Å²) < 4.78 is 5.42. The molecular formula is C13H18ClNO2. The lowest BCUT2D eigenvalue weighted by molar-refractivity contribution is -0.121. The largest absolute Gasteiger partial charge is 0.493 e. The van der Waals surface area contributed by atoms with E-state index in [1.807, 2.05) is 0 Å². The third kappa shape index (κ3) is 6.17. The number of hydrogen-bond acceptors (Lipinski definition) is 2. The standard InChI is InChI=1S/C13H18ClNO2/c1-2-3-9-15-13(16)8-10-17-12-6-4-11(14)5-7-12/h4-7H,2-3,8-10H2,1H3,(H,15,16). The van der Waals surface area contributed by atoms with Gasteiger partial charge < -0.3 is 10.1 Å². The Hall–Kier alpha value is -1.22. The molecule has 1 aromatic rings. The maximum Gasteiger partial charge on any atom is 0.223 e. The molecule has 1 rings (SSSR count). The molecule has 0 radical (unpaired) electrons. The topological polar surface area (TPSA) is 38.3 Å². The van der Waals surface area contributed by atoms with Gasteiger partial charge in [0, 0.05) is 11.6 Å². The molecule has 0 bridgehead atoms. The molecule has 0 atom stereocenters. The van der Waals surface area contributed by atoms with Crippen LogP contribution in [0.15, 0.2) is 24.3 Å². The monoisotopic (exact) mass is 255 g/mol. The van der Waals surface area contributed by atoms with Crippen molar-refractivity contribution in [2.45, 2.75) is 26.2 Å². The summed E-state index contributed by atoms with van der Waals surface area (Å²) in [6.45, 7) is 3.23. The molecule has 0 aliphatic carbocycles. The van der Waals surface area contributed by atoms with Crippen molar-refractivity contribution in [3.05, 3.63) is 29.3 Å². The van der Waals surface area contributed by atoms with Crippen LogP contribution >= 0.6 is 11.6 Å². The minimum absolute atomic E-state index is 0.0346. The van der Waals surface area contributed by atoms with Gasteiger partial charge in [-0.1, -0.05) is 24.9 Å². The molecule has 0 spiro atoms. The van der Waals surface area contributed by atoms with Crippen LogP contribution in [0.4, 0.5) is 0 Å². The van der Waals surface area contributed by atoms with Crippen LogP contribution in [0.3, 0.4) is 0 Å². The molecule has 0 fully saturated rings. The molecule has 4 heteroatoms. The van der Waals surface area contributed by atoms with E-state index < -0.39 is 0 Å². The summed E-state index contributed by atoms with van der Waals surface area (Å²) in [5.74, 6) is 0.767. The molecular weight excluding hydrogens is 238 g/mol. The summed E-state index contributed by atoms with van der Waals surface area (Å²) in [6, 6.07) is 7.10. The van der Waals surface area contributed by atoms with Crippen molar-refractivity contribution in [3.63, 3.8) is 0 Å². The number of halogens is 1. The molecule has 0 aliphatic rings. The predicted octanol–water partition coefficient (Wildman–Crippen LogP) is 3.03. The van der Waals surface area contributed by atoms with E-state index in [4.69, 9.17) is 16.3 Å². The lowest BCUT2D eigenvalue weighted by atomic mass is 10.3. The molecule has 0 saturated carbocycles. The highest BCUT2D eigenvalue weighted by atomic mass is 35.5. The third-order valence-corrected chi connectivity index (χ3v) is 2.52. The van der Waals surface area contributed by atoms with Crippen LogP contribution in [0.1, 0.15) is 26.2 Å². The van der Waals surface area contributed by atoms with Crippen molar-refractivity contribution in [1.29, 1.82) is 0 Å². The summed E-state index contributed by atoms with van der Waals surface area (Å²) in [5, 5.41) is 3.51. The summed E-state index contributed by atoms with van der Waals surface area (Å²) >= 11 is 5.75. The fourth-order valence-electron chi connectivity index (χ4n) is 1.29. The lowest BCUT2D eigenvalue weighted by Gasteiger charge is -2.06. The first-order valence-corrected chi connectivity index (χ1v) is 6.25. The zero-order chi connectivity index (χ0) is 12.5. The van der Waals surface area contributed by atoms with Gasteiger partial charge in [-0.25, -0.2) is 0 Å². The van der Waals surface area contributed by atoms with E-state index in [-0.39, 0.29) is 5.91 Å². The van der Waals surface area contributed by atoms with Gasteiger partial charge in [0.1, 0.15) is 5.75 Å². The Kier molecular flexibility index (Phi) is 6.48. The van der Waals surface area contributed by atoms with Gasteiger partial charge in [0.25, 0.3) is 0 Å². The fraction of sp³-hybridized carbons (Fsp3) is 0.462. The van der Waals surface area contributed by atoms with Crippen molar-refractivity contribution in [2.24, 2.45) is 0 Å². The zero-order valence-electron chi connectivity index (χ0n) is 10.0. The molecule has 3 nitrogen and oxygen atoms in total. The van der Waals surface area contributed by atoms with Gasteiger partial charge in [-0.15, -0.1) is 0 Å². The Labute approximate surface area is 107 Å². The van der Waals surface area contributed by atoms with E-state index >= 15 is 0 Å². The Morgan fingerprint density at radius 3 is 2.71 bits per heavy atom. The van der Waals surface area contributed by atoms with Crippen LogP contribution in [-0.2, 0) is 4.79 Å². The Morgan fingerprint density at radius 2 is 2.06 bits per heavy atom. The van der Waals surface area contributed by atoms with Gasteiger partial charge >= 0.3 is 0 Å². The highest BCUT2D eigenvalue weighted by molar-refractivity contribution is 6.30. The fourth-order valence-corrected chi connectivity index (χ4v) is 1.41. The Bertz CT molecular complexity index is 338. The molecule has 0 heterocycles. The second-order valence-electron chi connectivity index (χ2n) is 3.76. The van der Waals surface area contributed by atoms with Crippen LogP contribution in [0.2, 0.25) is 5.02 Å². The second-order valence-corrected chi connectivity index (χ2v) is 4.19. The average Bonchev–Trinajstić information content (AvgIpc) is 2.32. The number of unbranched alkanes of at least 4 members (excludes halogenated alkanes) is 1. The first-order chi connectivity index (χ1) is 8.22. The van der Waals surface area contributed by atoms with E-state index in [1.54, 1.807) is 24.3 Å². The summed E-state index contributed by atoms with van der Waals surface area (Å²) in [5.41, 5.74) is 0. The molecule has 0 saturated heterocycles. The van der Waals surface area contributed by atoms with Crippen LogP contribution in [0.25, 0.3) is 0 Å². The number of ether oxygens (including phenoxy) is 1. The normalized spacial score (nSPS) is 10.0. The molecule has 0 aliphatic heterocycles. The van der Waals surface area contributed by atoms with Gasteiger partial charge in [0.2, 0.25) is 5.91 Å². The van der Waals surface area contributed by atoms with Crippen molar-refractivity contribution >= 4 is 17.5 Å². The number of carbonyl (C=O) groups excluding carboxylic acids is 1. The second kappa shape index (κ2) is 7.96. The minimum Gasteiger partial charge on any atom is -0.493 e. The summed E-state index contributed by atoms with van der Waals surface area (Å²) in [4.78, 5) is 11.3. The predicted molar refractivity (Wildman–Crippen MR) is 69.5 cm³/mol. The molecule has 0 unspecified atom stereocenters. The SMILES string of the molecule is CCCCNC(=O)CCOc1ccc(Cl)cc1. The van der Waals surface area contributed by atoms with Crippen LogP contribution in [-0.4, -0.2) is 19.1 Å². The molecule has 94 valence electrons. The maximum absolute atomic E-state index is 11.3. The number of carbonyl (C=O) groups is 1. The number of amides is 1. The quantitative estimate of drug-likeness (QED) is 0.761. The highest BCUT2D eigenvalue weighted by Crippen LogP contribution is 2.15. The number of nitrogens with one attached hydrogen (secondary N) is 1. The van der Waals surface area contributed by atoms with Gasteiger partial charge in [0.15, 0.2) is 0 Å². The smallest absolute Gasteiger partial charge is 0.223 e. The first-order valence-electron chi connectivity index (χ1n) is 5.87. The van der Waals surface area contributed by atoms with Crippen molar-refractivity contribution < 1.29 is 9.53 Å². The molecule has 17 heavy (non-hydrogen) atoms. The number of benzene rings is 1. The summed E-state index contributed by atoms with van der Waals surface area (Å²) in [6.07, 6.45) is 2.48. The summed E-state index contributed by atoms with van der Waals surface area (Å²) in [7, 11) is 0. The molecule has 1 amide bonds. The van der Waals surface area contributed by atoms with E-state index in [0.29, 0.717) is 18.1 Å². The van der Waals surface area contributed by atoms with Crippen LogP contribution in [0.5, 0.6) is 5.75 Å². The minimum atomic E-state index is 0.0346. The van der Waals surface area contributed by atoms with Crippen molar-refractivity contribution in [2.75, 3.05) is 13.2 Å². The van der Waals surface area contributed by atoms with E-state index in [2.05, 4.69) is 12.2 Å². The Balaban J connectivity index is 2.14. The van der Waals surface area contributed by atoms with Crippen molar-refractivity contribution in [1.82, 2.24) is 5.32 Å². The van der Waals surface area contributed by atoms with Gasteiger partial charge in [-0.2, -0.15) is 0 Å². The van der Waals surface area contributed by atoms with Crippen LogP contribution < -0.4 is 10.1 Å². The van der Waals surface area contributed by atoms with Crippen molar-refractivity contribution in [3.8, 4) is 5.75 Å². The van der Waals surface area contributed by atoms with E-state index in [0.717, 1.165) is 25.1 Å². The molecule has 1 aromatic carbocycles. The third-order valence-electron chi connectivity index (χ3n) is 2.26. The van der Waals surface area contributed by atoms with Gasteiger partial charge in [-0.05, 0) is 30.7 Å². The average molecular weight is 256 g/mol. The zero-order valence-corrected chi connectivity index (χ0v) is 10.8. The van der Waals surface area contributed by atoms with E-state index in [1.165, 1.54) is 0 Å².